The summed E-state index contributed by atoms with van der Waals surface area (Å²) in [4.78, 5) is 86.1. The molecule has 4 N–H and O–H groups in total. The standard InChI is InChI=1S/C25H29N5O8/c1-14(2)22(35)26-16-7-5-15(6-8-16)23(36)28-18-9-10-20(32)29-11-3-4-19(30(29)25(18)38)24(37)27-17(13-31)12-21(33)34/h3,5-8,11,13-14,17-19H,4,9-10,12H2,1-2H3,(H,26,35)(H,27,37)(H,28,36)(H,33,34)/t17-,18-,19-/m0/s1. The lowest BCUT2D eigenvalue weighted by Crippen LogP contribution is -2.62. The van der Waals surface area contributed by atoms with Gasteiger partial charge in [-0.05, 0) is 37.1 Å². The number of amides is 5. The number of fused-ring (bicyclic) bond motifs is 1. The molecule has 1 saturated heterocycles. The Kier molecular flexibility index (Phi) is 8.94. The van der Waals surface area contributed by atoms with Crippen molar-refractivity contribution in [3.8, 4) is 0 Å². The number of aldehydes is 1. The van der Waals surface area contributed by atoms with Crippen LogP contribution in [0.5, 0.6) is 0 Å². The summed E-state index contributed by atoms with van der Waals surface area (Å²) in [5, 5.41) is 18.5. The Morgan fingerprint density at radius 3 is 2.42 bits per heavy atom. The molecule has 0 bridgehead atoms. The van der Waals surface area contributed by atoms with Crippen molar-refractivity contribution in [3.63, 3.8) is 0 Å². The summed E-state index contributed by atoms with van der Waals surface area (Å²) < 4.78 is 0. The molecule has 3 rings (SSSR count). The highest BCUT2D eigenvalue weighted by molar-refractivity contribution is 6.00. The summed E-state index contributed by atoms with van der Waals surface area (Å²) in [5.74, 6) is -4.31. The molecular formula is C25H29N5O8. The van der Waals surface area contributed by atoms with Gasteiger partial charge in [0.25, 0.3) is 11.8 Å². The van der Waals surface area contributed by atoms with Crippen molar-refractivity contribution in [2.45, 2.75) is 57.7 Å². The maximum atomic E-state index is 13.5. The zero-order chi connectivity index (χ0) is 28.0. The first-order valence-electron chi connectivity index (χ1n) is 12.0. The molecule has 5 amide bonds. The second kappa shape index (κ2) is 12.1. The number of carbonyl (C=O) groups excluding carboxylic acids is 6. The van der Waals surface area contributed by atoms with Crippen molar-refractivity contribution in [2.24, 2.45) is 5.92 Å². The molecule has 0 unspecified atom stereocenters. The second-order valence-electron chi connectivity index (χ2n) is 9.19. The smallest absolute Gasteiger partial charge is 0.305 e. The van der Waals surface area contributed by atoms with Gasteiger partial charge in [0.2, 0.25) is 17.7 Å². The molecule has 0 aromatic heterocycles. The van der Waals surface area contributed by atoms with Crippen molar-refractivity contribution in [3.05, 3.63) is 42.1 Å². The zero-order valence-corrected chi connectivity index (χ0v) is 20.9. The molecule has 2 aliphatic rings. The summed E-state index contributed by atoms with van der Waals surface area (Å²) >= 11 is 0. The van der Waals surface area contributed by atoms with E-state index in [9.17, 15) is 33.6 Å². The first-order chi connectivity index (χ1) is 18.0. The Bertz CT molecular complexity index is 1160. The van der Waals surface area contributed by atoms with Crippen LogP contribution in [0.15, 0.2) is 36.5 Å². The quantitative estimate of drug-likeness (QED) is 0.328. The summed E-state index contributed by atoms with van der Waals surface area (Å²) in [7, 11) is 0. The van der Waals surface area contributed by atoms with E-state index in [-0.39, 0.29) is 42.9 Å². The van der Waals surface area contributed by atoms with Crippen LogP contribution in [0.2, 0.25) is 0 Å². The fraction of sp³-hybridized carbons (Fsp3) is 0.400. The van der Waals surface area contributed by atoms with E-state index in [1.54, 1.807) is 26.0 Å². The number of hydrogen-bond acceptors (Lipinski definition) is 7. The summed E-state index contributed by atoms with van der Waals surface area (Å²) in [6.07, 6.45) is 2.39. The Labute approximate surface area is 218 Å². The summed E-state index contributed by atoms with van der Waals surface area (Å²) in [6, 6.07) is 2.35. The zero-order valence-electron chi connectivity index (χ0n) is 20.9. The third-order valence-corrected chi connectivity index (χ3v) is 5.99. The highest BCUT2D eigenvalue weighted by Crippen LogP contribution is 2.24. The van der Waals surface area contributed by atoms with Crippen LogP contribution >= 0.6 is 0 Å². The molecule has 0 aliphatic carbocycles. The molecule has 0 spiro atoms. The van der Waals surface area contributed by atoms with Crippen LogP contribution in [0, 0.1) is 5.92 Å². The number of carbonyl (C=O) groups is 7. The molecule has 0 saturated carbocycles. The van der Waals surface area contributed by atoms with Crippen LogP contribution in [0.4, 0.5) is 5.69 Å². The second-order valence-corrected chi connectivity index (χ2v) is 9.19. The third kappa shape index (κ3) is 6.60. The normalized spacial score (nSPS) is 19.8. The number of anilines is 1. The Morgan fingerprint density at radius 2 is 1.82 bits per heavy atom. The van der Waals surface area contributed by atoms with E-state index in [0.29, 0.717) is 5.69 Å². The van der Waals surface area contributed by atoms with Crippen LogP contribution in [0.25, 0.3) is 0 Å². The van der Waals surface area contributed by atoms with E-state index in [1.165, 1.54) is 24.4 Å². The van der Waals surface area contributed by atoms with Gasteiger partial charge >= 0.3 is 5.97 Å². The maximum absolute atomic E-state index is 13.5. The van der Waals surface area contributed by atoms with Crippen LogP contribution < -0.4 is 16.0 Å². The lowest BCUT2D eigenvalue weighted by Gasteiger charge is -2.39. The number of nitrogens with zero attached hydrogens (tertiary/aromatic N) is 2. The summed E-state index contributed by atoms with van der Waals surface area (Å²) in [6.45, 7) is 3.49. The first-order valence-corrected chi connectivity index (χ1v) is 12.0. The molecule has 2 heterocycles. The first kappa shape index (κ1) is 28.0. The van der Waals surface area contributed by atoms with Gasteiger partial charge in [-0.15, -0.1) is 0 Å². The number of aliphatic carboxylic acids is 1. The monoisotopic (exact) mass is 527 g/mol. The van der Waals surface area contributed by atoms with E-state index < -0.39 is 54.1 Å². The third-order valence-electron chi connectivity index (χ3n) is 5.99. The lowest BCUT2D eigenvalue weighted by atomic mass is 10.1. The van der Waals surface area contributed by atoms with E-state index in [4.69, 9.17) is 5.11 Å². The van der Waals surface area contributed by atoms with Crippen molar-refractivity contribution in [1.29, 1.82) is 0 Å². The van der Waals surface area contributed by atoms with E-state index in [2.05, 4.69) is 16.0 Å². The van der Waals surface area contributed by atoms with Gasteiger partial charge < -0.3 is 25.9 Å². The van der Waals surface area contributed by atoms with Crippen LogP contribution in [-0.2, 0) is 28.8 Å². The molecule has 1 fully saturated rings. The minimum absolute atomic E-state index is 0.00419. The van der Waals surface area contributed by atoms with Crippen molar-refractivity contribution in [2.75, 3.05) is 5.32 Å². The molecule has 202 valence electrons. The van der Waals surface area contributed by atoms with E-state index >= 15 is 0 Å². The maximum Gasteiger partial charge on any atom is 0.305 e. The average Bonchev–Trinajstić information content (AvgIpc) is 3.00. The molecule has 1 aromatic rings. The number of benzene rings is 1. The number of carboxylic acid groups (broad SMARTS) is 1. The fourth-order valence-corrected chi connectivity index (χ4v) is 3.93. The minimum Gasteiger partial charge on any atom is -0.481 e. The van der Waals surface area contributed by atoms with Gasteiger partial charge in [-0.1, -0.05) is 19.9 Å². The number of carboxylic acids is 1. The predicted octanol–water partition coefficient (Wildman–Crippen LogP) is 0.190. The van der Waals surface area contributed by atoms with Crippen molar-refractivity contribution in [1.82, 2.24) is 20.7 Å². The SMILES string of the molecule is CC(C)C(=O)Nc1ccc(C(=O)N[C@H]2CCC(=O)N3C=CC[C@@H](C(=O)N[C@H](C=O)CC(=O)O)N3C2=O)cc1. The molecular weight excluding hydrogens is 498 g/mol. The Balaban J connectivity index is 1.76. The molecule has 3 atom stereocenters. The van der Waals surface area contributed by atoms with Gasteiger partial charge in [0, 0.05) is 29.8 Å². The molecule has 13 nitrogen and oxygen atoms in total. The highest BCUT2D eigenvalue weighted by atomic mass is 16.4. The molecule has 1 aromatic carbocycles. The van der Waals surface area contributed by atoms with E-state index in [1.807, 2.05) is 0 Å². The average molecular weight is 528 g/mol. The van der Waals surface area contributed by atoms with Gasteiger partial charge in [0.15, 0.2) is 0 Å². The fourth-order valence-electron chi connectivity index (χ4n) is 3.93. The van der Waals surface area contributed by atoms with Gasteiger partial charge in [0.05, 0.1) is 12.5 Å². The Hall–Kier alpha value is -4.55. The van der Waals surface area contributed by atoms with Gasteiger partial charge in [-0.25, -0.2) is 10.0 Å². The molecule has 0 radical (unpaired) electrons. The topological polar surface area (TPSA) is 182 Å². The lowest BCUT2D eigenvalue weighted by molar-refractivity contribution is -0.166. The largest absolute Gasteiger partial charge is 0.481 e. The van der Waals surface area contributed by atoms with Crippen molar-refractivity contribution < 1.29 is 38.7 Å². The summed E-state index contributed by atoms with van der Waals surface area (Å²) in [5.41, 5.74) is 0.709. The highest BCUT2D eigenvalue weighted by Gasteiger charge is 2.43. The molecule has 13 heteroatoms. The number of rotatable bonds is 9. The number of hydrazine groups is 1. The van der Waals surface area contributed by atoms with E-state index in [0.717, 1.165) is 10.0 Å². The predicted molar refractivity (Wildman–Crippen MR) is 132 cm³/mol. The number of nitrogens with one attached hydrogen (secondary N) is 3. The molecule has 2 aliphatic heterocycles. The van der Waals surface area contributed by atoms with Gasteiger partial charge in [-0.2, -0.15) is 0 Å². The van der Waals surface area contributed by atoms with Gasteiger partial charge in [-0.3, -0.25) is 28.8 Å². The van der Waals surface area contributed by atoms with Crippen LogP contribution in [0.1, 0.15) is 49.9 Å². The minimum atomic E-state index is -1.32. The van der Waals surface area contributed by atoms with Crippen molar-refractivity contribution >= 4 is 47.5 Å². The van der Waals surface area contributed by atoms with Gasteiger partial charge in [0.1, 0.15) is 18.4 Å². The Morgan fingerprint density at radius 1 is 1.13 bits per heavy atom. The van der Waals surface area contributed by atoms with Crippen LogP contribution in [-0.4, -0.2) is 75.0 Å². The van der Waals surface area contributed by atoms with Crippen LogP contribution in [0.3, 0.4) is 0 Å². The number of hydrogen-bond donors (Lipinski definition) is 4. The molecule has 38 heavy (non-hydrogen) atoms.